The molecule has 3 aliphatic carbocycles. The first-order valence-corrected chi connectivity index (χ1v) is 5.90. The molecule has 0 aliphatic heterocycles. The lowest BCUT2D eigenvalue weighted by Gasteiger charge is -2.45. The van der Waals surface area contributed by atoms with Crippen LogP contribution in [0.4, 0.5) is 0 Å². The van der Waals surface area contributed by atoms with Crippen LogP contribution in [0.1, 0.15) is 39.5 Å². The molecule has 2 nitrogen and oxygen atoms in total. The van der Waals surface area contributed by atoms with Gasteiger partial charge in [-0.05, 0) is 50.4 Å². The third-order valence-corrected chi connectivity index (χ3v) is 4.19. The van der Waals surface area contributed by atoms with Gasteiger partial charge in [0.1, 0.15) is 0 Å². The van der Waals surface area contributed by atoms with Crippen LogP contribution in [-0.2, 0) is 9.53 Å². The third kappa shape index (κ3) is 1.55. The van der Waals surface area contributed by atoms with Gasteiger partial charge >= 0.3 is 5.97 Å². The van der Waals surface area contributed by atoms with Crippen LogP contribution in [0.15, 0.2) is 0 Å². The quantitative estimate of drug-likeness (QED) is 0.635. The van der Waals surface area contributed by atoms with Crippen molar-refractivity contribution in [1.82, 2.24) is 0 Å². The lowest BCUT2D eigenvalue weighted by atomic mass is 9.59. The van der Waals surface area contributed by atoms with Crippen LogP contribution < -0.4 is 0 Å². The van der Waals surface area contributed by atoms with E-state index >= 15 is 0 Å². The van der Waals surface area contributed by atoms with Gasteiger partial charge in [0, 0.05) is 0 Å². The van der Waals surface area contributed by atoms with E-state index in [1.807, 2.05) is 6.92 Å². The van der Waals surface area contributed by atoms with E-state index in [1.54, 1.807) is 0 Å². The Morgan fingerprint density at radius 1 is 1.21 bits per heavy atom. The molecule has 14 heavy (non-hydrogen) atoms. The van der Waals surface area contributed by atoms with E-state index in [0.29, 0.717) is 18.4 Å². The summed E-state index contributed by atoms with van der Waals surface area (Å²) in [6, 6.07) is 0. The van der Waals surface area contributed by atoms with Crippen molar-refractivity contribution in [3.05, 3.63) is 0 Å². The van der Waals surface area contributed by atoms with Crippen molar-refractivity contribution in [1.29, 1.82) is 0 Å². The van der Waals surface area contributed by atoms with E-state index in [-0.39, 0.29) is 11.9 Å². The maximum absolute atomic E-state index is 11.8. The number of hydrogen-bond acceptors (Lipinski definition) is 2. The normalized spacial score (nSPS) is 41.0. The molecule has 0 spiro atoms. The lowest BCUT2D eigenvalue weighted by Crippen LogP contribution is -2.43. The number of rotatable bonds is 2. The van der Waals surface area contributed by atoms with Crippen LogP contribution in [-0.4, -0.2) is 12.6 Å². The van der Waals surface area contributed by atoms with Crippen molar-refractivity contribution in [3.63, 3.8) is 0 Å². The van der Waals surface area contributed by atoms with Crippen LogP contribution in [0.25, 0.3) is 0 Å². The summed E-state index contributed by atoms with van der Waals surface area (Å²) in [5.74, 6) is 2.24. The van der Waals surface area contributed by atoms with Crippen molar-refractivity contribution >= 4 is 5.97 Å². The largest absolute Gasteiger partial charge is 0.466 e. The molecule has 3 fully saturated rings. The first-order chi connectivity index (χ1) is 6.74. The fraction of sp³-hybridized carbons (Fsp3) is 0.917. The minimum absolute atomic E-state index is 0.0643. The Balaban J connectivity index is 2.06. The van der Waals surface area contributed by atoms with Gasteiger partial charge in [-0.2, -0.15) is 0 Å². The minimum atomic E-state index is 0.0643. The highest BCUT2D eigenvalue weighted by atomic mass is 16.5. The molecule has 2 atom stereocenters. The van der Waals surface area contributed by atoms with E-state index in [1.165, 1.54) is 25.7 Å². The predicted molar refractivity (Wildman–Crippen MR) is 54.7 cm³/mol. The lowest BCUT2D eigenvalue weighted by molar-refractivity contribution is -0.157. The van der Waals surface area contributed by atoms with Crippen molar-refractivity contribution in [2.24, 2.45) is 23.7 Å². The fourth-order valence-corrected chi connectivity index (χ4v) is 3.40. The molecule has 2 bridgehead atoms. The van der Waals surface area contributed by atoms with Gasteiger partial charge in [0.15, 0.2) is 0 Å². The average molecular weight is 196 g/mol. The van der Waals surface area contributed by atoms with Crippen molar-refractivity contribution in [2.75, 3.05) is 6.61 Å². The zero-order valence-electron chi connectivity index (χ0n) is 9.16. The molecule has 0 saturated heterocycles. The number of hydrogen-bond donors (Lipinski definition) is 0. The highest BCUT2D eigenvalue weighted by Crippen LogP contribution is 2.48. The Labute approximate surface area is 86.0 Å². The van der Waals surface area contributed by atoms with Crippen LogP contribution >= 0.6 is 0 Å². The summed E-state index contributed by atoms with van der Waals surface area (Å²) in [7, 11) is 0. The summed E-state index contributed by atoms with van der Waals surface area (Å²) in [6.45, 7) is 4.65. The number of esters is 1. The monoisotopic (exact) mass is 196 g/mol. The third-order valence-electron chi connectivity index (χ3n) is 4.19. The van der Waals surface area contributed by atoms with Gasteiger partial charge in [-0.3, -0.25) is 4.79 Å². The molecule has 3 saturated carbocycles. The zero-order chi connectivity index (χ0) is 10.1. The summed E-state index contributed by atoms with van der Waals surface area (Å²) in [5.41, 5.74) is 0. The Morgan fingerprint density at radius 3 is 2.29 bits per heavy atom. The second kappa shape index (κ2) is 3.92. The Morgan fingerprint density at radius 2 is 1.79 bits per heavy atom. The van der Waals surface area contributed by atoms with Crippen molar-refractivity contribution in [2.45, 2.75) is 39.5 Å². The SMILES string of the molecule is CCOC(=O)C1C2CCC(CC2)[C@@H]1C. The number of ether oxygens (including phenoxy) is 1. The summed E-state index contributed by atoms with van der Waals surface area (Å²) >= 11 is 0. The van der Waals surface area contributed by atoms with Gasteiger partial charge < -0.3 is 4.74 Å². The summed E-state index contributed by atoms with van der Waals surface area (Å²) < 4.78 is 5.17. The predicted octanol–water partition coefficient (Wildman–Crippen LogP) is 2.62. The molecule has 0 N–H and O–H groups in total. The molecule has 0 radical (unpaired) electrons. The molecule has 2 heteroatoms. The molecule has 3 rings (SSSR count). The van der Waals surface area contributed by atoms with Crippen molar-refractivity contribution in [3.8, 4) is 0 Å². The smallest absolute Gasteiger partial charge is 0.309 e. The summed E-state index contributed by atoms with van der Waals surface area (Å²) in [5, 5.41) is 0. The second-order valence-electron chi connectivity index (χ2n) is 4.81. The first kappa shape index (κ1) is 10.0. The van der Waals surface area contributed by atoms with Crippen LogP contribution in [0, 0.1) is 23.7 Å². The molecule has 1 unspecified atom stereocenters. The van der Waals surface area contributed by atoms with E-state index in [4.69, 9.17) is 4.74 Å². The molecular formula is C12H20O2. The average Bonchev–Trinajstić information content (AvgIpc) is 2.19. The maximum atomic E-state index is 11.8. The van der Waals surface area contributed by atoms with Gasteiger partial charge in [-0.25, -0.2) is 0 Å². The Bertz CT molecular complexity index is 214. The van der Waals surface area contributed by atoms with Gasteiger partial charge in [0.05, 0.1) is 12.5 Å². The molecule has 80 valence electrons. The number of carbonyl (C=O) groups excluding carboxylic acids is 1. The van der Waals surface area contributed by atoms with Gasteiger partial charge in [-0.15, -0.1) is 0 Å². The molecule has 3 aliphatic rings. The van der Waals surface area contributed by atoms with Gasteiger partial charge in [-0.1, -0.05) is 6.92 Å². The summed E-state index contributed by atoms with van der Waals surface area (Å²) in [6.07, 6.45) is 5.17. The van der Waals surface area contributed by atoms with Gasteiger partial charge in [0.25, 0.3) is 0 Å². The van der Waals surface area contributed by atoms with Crippen LogP contribution in [0.2, 0.25) is 0 Å². The van der Waals surface area contributed by atoms with Crippen LogP contribution in [0.3, 0.4) is 0 Å². The molecule has 0 amide bonds. The minimum Gasteiger partial charge on any atom is -0.466 e. The molecule has 0 aromatic rings. The number of fused-ring (bicyclic) bond motifs is 3. The molecular weight excluding hydrogens is 176 g/mol. The van der Waals surface area contributed by atoms with E-state index in [9.17, 15) is 4.79 Å². The van der Waals surface area contributed by atoms with Gasteiger partial charge in [0.2, 0.25) is 0 Å². The molecule has 0 heterocycles. The molecule has 0 aromatic heterocycles. The van der Waals surface area contributed by atoms with E-state index in [0.717, 1.165) is 5.92 Å². The Kier molecular flexibility index (Phi) is 2.80. The first-order valence-electron chi connectivity index (χ1n) is 5.90. The zero-order valence-corrected chi connectivity index (χ0v) is 9.16. The summed E-state index contributed by atoms with van der Waals surface area (Å²) in [4.78, 5) is 11.8. The maximum Gasteiger partial charge on any atom is 0.309 e. The highest BCUT2D eigenvalue weighted by Gasteiger charge is 2.45. The highest BCUT2D eigenvalue weighted by molar-refractivity contribution is 5.73. The van der Waals surface area contributed by atoms with Crippen molar-refractivity contribution < 1.29 is 9.53 Å². The topological polar surface area (TPSA) is 26.3 Å². The van der Waals surface area contributed by atoms with E-state index < -0.39 is 0 Å². The molecule has 0 aromatic carbocycles. The Hall–Kier alpha value is -0.530. The van der Waals surface area contributed by atoms with E-state index in [2.05, 4.69) is 6.92 Å². The fourth-order valence-electron chi connectivity index (χ4n) is 3.40. The van der Waals surface area contributed by atoms with Crippen LogP contribution in [0.5, 0.6) is 0 Å². The number of carbonyl (C=O) groups is 1. The standard InChI is InChI=1S/C12H20O2/c1-3-14-12(13)11-8(2)9-4-6-10(11)7-5-9/h8-11H,3-7H2,1-2H3/t8-,9?,10?,11?/m0/s1. The second-order valence-corrected chi connectivity index (χ2v) is 4.81.